The molecule has 3 aromatic carbocycles. The van der Waals surface area contributed by atoms with E-state index in [0.717, 1.165) is 28.4 Å². The fourth-order valence-corrected chi connectivity index (χ4v) is 5.33. The highest BCUT2D eigenvalue weighted by Gasteiger charge is 2.47. The van der Waals surface area contributed by atoms with Gasteiger partial charge in [0.2, 0.25) is 0 Å². The summed E-state index contributed by atoms with van der Waals surface area (Å²) < 4.78 is 12.8. The number of ether oxygens (including phenoxy) is 2. The molecule has 2 aliphatic carbocycles. The van der Waals surface area contributed by atoms with E-state index < -0.39 is 0 Å². The maximum Gasteiger partial charge on any atom is 0.174 e. The number of nitrogens with one attached hydrogen (secondary N) is 1. The number of allylic oxidation sites excluding steroid dienone is 4. The third-order valence-corrected chi connectivity index (χ3v) is 7.06. The van der Waals surface area contributed by atoms with Crippen molar-refractivity contribution >= 4 is 5.84 Å². The van der Waals surface area contributed by atoms with Crippen molar-refractivity contribution in [2.24, 2.45) is 11.7 Å². The Morgan fingerprint density at radius 1 is 0.844 bits per heavy atom. The molecule has 2 unspecified atom stereocenters. The molecule has 0 amide bonds. The smallest absolute Gasteiger partial charge is 0.174 e. The van der Waals surface area contributed by atoms with Gasteiger partial charge < -0.3 is 15.2 Å². The van der Waals surface area contributed by atoms with Gasteiger partial charge in [0.25, 0.3) is 0 Å². The lowest BCUT2D eigenvalue weighted by Gasteiger charge is -2.29. The molecule has 3 N–H and O–H groups in total. The minimum Gasteiger partial charge on any atom is -0.449 e. The van der Waals surface area contributed by atoms with E-state index in [1.165, 1.54) is 11.1 Å². The number of rotatable bonds is 2. The van der Waals surface area contributed by atoms with Crippen molar-refractivity contribution in [3.05, 3.63) is 95.6 Å². The van der Waals surface area contributed by atoms with Gasteiger partial charge in [0.05, 0.1) is 0 Å². The summed E-state index contributed by atoms with van der Waals surface area (Å²) >= 11 is 0. The second kappa shape index (κ2) is 6.60. The number of nitrogen functional groups attached to an aromatic ring is 1. The van der Waals surface area contributed by atoms with E-state index in [1.54, 1.807) is 0 Å². The quantitative estimate of drug-likeness (QED) is 0.282. The molecule has 3 aliphatic rings. The summed E-state index contributed by atoms with van der Waals surface area (Å²) in [4.78, 5) is 0. The Balaban J connectivity index is 1.39. The number of amidine groups is 1. The maximum atomic E-state index is 7.57. The Labute approximate surface area is 187 Å². The molecule has 0 radical (unpaired) electrons. The van der Waals surface area contributed by atoms with E-state index in [9.17, 15) is 0 Å². The molecule has 0 spiro atoms. The zero-order chi connectivity index (χ0) is 22.0. The largest absolute Gasteiger partial charge is 0.449 e. The third kappa shape index (κ3) is 2.65. The highest BCUT2D eigenvalue weighted by Crippen LogP contribution is 2.60. The zero-order valence-electron chi connectivity index (χ0n) is 18.1. The molecule has 158 valence electrons. The number of hydrogen-bond donors (Lipinski definition) is 2. The van der Waals surface area contributed by atoms with Crippen LogP contribution >= 0.6 is 0 Å². The van der Waals surface area contributed by atoms with E-state index in [1.807, 2.05) is 48.5 Å². The second-order valence-corrected chi connectivity index (χ2v) is 9.25. The van der Waals surface area contributed by atoms with Crippen LogP contribution in [0, 0.1) is 11.3 Å². The summed E-state index contributed by atoms with van der Waals surface area (Å²) in [5.74, 6) is 3.82. The molecule has 1 heterocycles. The molecule has 0 saturated carbocycles. The van der Waals surface area contributed by atoms with Gasteiger partial charge in [-0.25, -0.2) is 0 Å². The predicted octanol–water partition coefficient (Wildman–Crippen LogP) is 6.65. The van der Waals surface area contributed by atoms with Crippen molar-refractivity contribution in [2.45, 2.75) is 25.2 Å². The van der Waals surface area contributed by atoms with Crippen molar-refractivity contribution in [3.8, 4) is 34.1 Å². The van der Waals surface area contributed by atoms with Crippen LogP contribution in [-0.4, -0.2) is 5.84 Å². The Morgan fingerprint density at radius 3 is 2.34 bits per heavy atom. The standard InChI is InChI=1S/C28H24N2O2/c1-28(2)20-6-4-3-5-19(20)25-21(28)12-14-23-26(25)32-22-13-11-18(15-24(22)31-23)16-7-9-17(10-8-16)27(29)30/h3-15,19-20H,1-2H3,(H3,29,30). The molecule has 6 rings (SSSR count). The lowest BCUT2D eigenvalue weighted by atomic mass is 9.74. The molecule has 0 saturated heterocycles. The summed E-state index contributed by atoms with van der Waals surface area (Å²) in [5.41, 5.74) is 10.9. The molecular weight excluding hydrogens is 396 g/mol. The van der Waals surface area contributed by atoms with Crippen LogP contribution in [0.2, 0.25) is 0 Å². The summed E-state index contributed by atoms with van der Waals surface area (Å²) in [6, 6.07) is 17.9. The zero-order valence-corrected chi connectivity index (χ0v) is 18.1. The molecule has 4 nitrogen and oxygen atoms in total. The number of nitrogens with two attached hydrogens (primary N) is 1. The van der Waals surface area contributed by atoms with Crippen LogP contribution in [-0.2, 0) is 5.41 Å². The van der Waals surface area contributed by atoms with E-state index in [0.29, 0.717) is 23.1 Å². The molecular formula is C28H24N2O2. The third-order valence-electron chi connectivity index (χ3n) is 7.06. The van der Waals surface area contributed by atoms with Gasteiger partial charge in [-0.2, -0.15) is 0 Å². The fraction of sp³-hybridized carbons (Fsp3) is 0.179. The summed E-state index contributed by atoms with van der Waals surface area (Å²) in [6.07, 6.45) is 8.88. The van der Waals surface area contributed by atoms with E-state index in [2.05, 4.69) is 44.2 Å². The molecule has 0 bridgehead atoms. The van der Waals surface area contributed by atoms with Crippen LogP contribution in [0.25, 0.3) is 11.1 Å². The Bertz CT molecular complexity index is 1330. The molecule has 32 heavy (non-hydrogen) atoms. The first-order chi connectivity index (χ1) is 15.4. The lowest BCUT2D eigenvalue weighted by molar-refractivity contribution is 0.354. The molecule has 0 aromatic heterocycles. The SMILES string of the molecule is CC1(C)c2ccc3c(c2C2C=CC=CC21)Oc1ccc(-c2ccc(C(=N)N)cc2)cc1O3. The molecule has 3 aromatic rings. The lowest BCUT2D eigenvalue weighted by Crippen LogP contribution is -2.24. The van der Waals surface area contributed by atoms with Crippen molar-refractivity contribution in [1.29, 1.82) is 5.41 Å². The van der Waals surface area contributed by atoms with Crippen LogP contribution in [0.3, 0.4) is 0 Å². The van der Waals surface area contributed by atoms with Crippen molar-refractivity contribution in [1.82, 2.24) is 0 Å². The average Bonchev–Trinajstić information content (AvgIpc) is 3.05. The second-order valence-electron chi connectivity index (χ2n) is 9.25. The minimum atomic E-state index is 0.0375. The van der Waals surface area contributed by atoms with E-state index in [4.69, 9.17) is 20.6 Å². The average molecular weight is 421 g/mol. The van der Waals surface area contributed by atoms with Gasteiger partial charge in [-0.3, -0.25) is 5.41 Å². The topological polar surface area (TPSA) is 68.3 Å². The minimum absolute atomic E-state index is 0.0375. The van der Waals surface area contributed by atoms with E-state index >= 15 is 0 Å². The van der Waals surface area contributed by atoms with Crippen LogP contribution in [0.15, 0.2) is 78.9 Å². The first kappa shape index (κ1) is 18.9. The normalized spacial score (nSPS) is 20.9. The molecule has 2 atom stereocenters. The van der Waals surface area contributed by atoms with Gasteiger partial charge in [-0.05, 0) is 46.2 Å². The Hall–Kier alpha value is -3.79. The maximum absolute atomic E-state index is 7.57. The van der Waals surface area contributed by atoms with Gasteiger partial charge in [0.1, 0.15) is 5.84 Å². The highest BCUT2D eigenvalue weighted by molar-refractivity contribution is 5.95. The first-order valence-electron chi connectivity index (χ1n) is 10.9. The van der Waals surface area contributed by atoms with E-state index in [-0.39, 0.29) is 11.3 Å². The van der Waals surface area contributed by atoms with Crippen LogP contribution in [0.1, 0.15) is 36.5 Å². The number of benzene rings is 3. The highest BCUT2D eigenvalue weighted by atomic mass is 16.6. The van der Waals surface area contributed by atoms with Gasteiger partial charge in [0.15, 0.2) is 23.0 Å². The van der Waals surface area contributed by atoms with Crippen molar-refractivity contribution in [3.63, 3.8) is 0 Å². The van der Waals surface area contributed by atoms with Gasteiger partial charge in [-0.1, -0.05) is 74.5 Å². The molecule has 1 aliphatic heterocycles. The predicted molar refractivity (Wildman–Crippen MR) is 127 cm³/mol. The van der Waals surface area contributed by atoms with Crippen LogP contribution < -0.4 is 15.2 Å². The number of hydrogen-bond acceptors (Lipinski definition) is 3. The summed E-state index contributed by atoms with van der Waals surface area (Å²) in [7, 11) is 0. The summed E-state index contributed by atoms with van der Waals surface area (Å²) in [5, 5.41) is 7.57. The number of fused-ring (bicyclic) bond motifs is 6. The monoisotopic (exact) mass is 420 g/mol. The Morgan fingerprint density at radius 2 is 1.56 bits per heavy atom. The van der Waals surface area contributed by atoms with Crippen molar-refractivity contribution in [2.75, 3.05) is 0 Å². The Kier molecular flexibility index (Phi) is 3.91. The van der Waals surface area contributed by atoms with Gasteiger partial charge in [0, 0.05) is 17.0 Å². The van der Waals surface area contributed by atoms with Crippen molar-refractivity contribution < 1.29 is 9.47 Å². The molecule has 4 heteroatoms. The van der Waals surface area contributed by atoms with Gasteiger partial charge >= 0.3 is 0 Å². The van der Waals surface area contributed by atoms with Crippen LogP contribution in [0.5, 0.6) is 23.0 Å². The fourth-order valence-electron chi connectivity index (χ4n) is 5.33. The summed E-state index contributed by atoms with van der Waals surface area (Å²) in [6.45, 7) is 4.63. The van der Waals surface area contributed by atoms with Crippen LogP contribution in [0.4, 0.5) is 0 Å². The molecule has 0 fully saturated rings. The van der Waals surface area contributed by atoms with Gasteiger partial charge in [-0.15, -0.1) is 0 Å². The first-order valence-corrected chi connectivity index (χ1v) is 10.9.